The third-order valence-corrected chi connectivity index (χ3v) is 6.31. The molecule has 0 aliphatic carbocycles. The molecule has 2 aromatic carbocycles. The third-order valence-electron chi connectivity index (χ3n) is 6.31. The molecule has 0 saturated carbocycles. The molecule has 9 nitrogen and oxygen atoms in total. The third kappa shape index (κ3) is 4.51. The molecule has 34 heavy (non-hydrogen) atoms. The number of aromatic nitrogens is 3. The first-order valence-electron chi connectivity index (χ1n) is 11.5. The number of likely N-dealkylation sites (tertiary alicyclic amines) is 1. The summed E-state index contributed by atoms with van der Waals surface area (Å²) in [4.78, 5) is 29.3. The van der Waals surface area contributed by atoms with Crippen LogP contribution >= 0.6 is 0 Å². The second-order valence-corrected chi connectivity index (χ2v) is 8.47. The summed E-state index contributed by atoms with van der Waals surface area (Å²) in [6.45, 7) is 2.02. The number of aliphatic hydroxyl groups is 1. The van der Waals surface area contributed by atoms with Crippen LogP contribution in [0.25, 0.3) is 11.4 Å². The highest BCUT2D eigenvalue weighted by Gasteiger charge is 2.29. The van der Waals surface area contributed by atoms with Crippen molar-refractivity contribution in [1.29, 1.82) is 0 Å². The number of benzene rings is 2. The fourth-order valence-corrected chi connectivity index (χ4v) is 4.59. The molecular formula is C25H27N5O4. The maximum atomic E-state index is 11.9. The van der Waals surface area contributed by atoms with Crippen molar-refractivity contribution in [1.82, 2.24) is 19.9 Å². The number of hydrogen-bond donors (Lipinski definition) is 2. The van der Waals surface area contributed by atoms with Gasteiger partial charge in [-0.2, -0.15) is 15.0 Å². The number of fused-ring (bicyclic) bond motifs is 1. The fraction of sp³-hybridized carbons (Fsp3) is 0.360. The molecule has 5 rings (SSSR count). The maximum Gasteiger partial charge on any atom is 0.321 e. The van der Waals surface area contributed by atoms with Crippen molar-refractivity contribution in [2.24, 2.45) is 0 Å². The Labute approximate surface area is 197 Å². The van der Waals surface area contributed by atoms with E-state index in [2.05, 4.69) is 21.0 Å². The number of hydrogen-bond acceptors (Lipinski definition) is 8. The summed E-state index contributed by atoms with van der Waals surface area (Å²) in [6.07, 6.45) is 2.25. The lowest BCUT2D eigenvalue weighted by molar-refractivity contribution is -0.128. The topological polar surface area (TPSA) is 112 Å². The van der Waals surface area contributed by atoms with E-state index in [9.17, 15) is 15.0 Å². The van der Waals surface area contributed by atoms with Gasteiger partial charge >= 0.3 is 6.01 Å². The van der Waals surface area contributed by atoms with E-state index in [4.69, 9.17) is 4.74 Å². The molecule has 0 bridgehead atoms. The molecule has 3 aromatic rings. The molecule has 3 heterocycles. The molecule has 2 aliphatic rings. The quantitative estimate of drug-likeness (QED) is 0.552. The number of nitrogens with zero attached hydrogens (tertiary/aromatic N) is 5. The number of phenols is 1. The summed E-state index contributed by atoms with van der Waals surface area (Å²) in [5.41, 5.74) is 2.87. The first-order valence-corrected chi connectivity index (χ1v) is 11.5. The van der Waals surface area contributed by atoms with Crippen molar-refractivity contribution in [3.63, 3.8) is 0 Å². The standard InChI is InChI=1S/C25H27N5O4/c31-16-21-20-8-2-1-5-17(20)10-12-30(21)24-26-23(18-6-3-7-19(32)15-18)27-25(28-24)34-14-13-29-11-4-9-22(29)33/h1-3,5-8,15,21,31-32H,4,9-14,16H2/t21-/m0/s1. The number of carbonyl (C=O) groups excluding carboxylic acids is 1. The van der Waals surface area contributed by atoms with Gasteiger partial charge in [0.1, 0.15) is 12.4 Å². The molecule has 0 spiro atoms. The zero-order valence-electron chi connectivity index (χ0n) is 18.8. The maximum absolute atomic E-state index is 11.9. The molecule has 1 saturated heterocycles. The highest BCUT2D eigenvalue weighted by atomic mass is 16.5. The summed E-state index contributed by atoms with van der Waals surface area (Å²) >= 11 is 0. The molecule has 1 aromatic heterocycles. The molecule has 2 N–H and O–H groups in total. The van der Waals surface area contributed by atoms with Gasteiger partial charge in [0, 0.05) is 25.1 Å². The van der Waals surface area contributed by atoms with Crippen molar-refractivity contribution in [3.05, 3.63) is 59.7 Å². The Kier molecular flexibility index (Phi) is 6.27. The Bertz CT molecular complexity index is 1190. The Hall–Kier alpha value is -3.72. The van der Waals surface area contributed by atoms with Gasteiger partial charge in [0.25, 0.3) is 0 Å². The van der Waals surface area contributed by atoms with E-state index in [0.29, 0.717) is 36.8 Å². The Morgan fingerprint density at radius 2 is 1.91 bits per heavy atom. The summed E-state index contributed by atoms with van der Waals surface area (Å²) in [5, 5.41) is 20.2. The minimum atomic E-state index is -0.292. The van der Waals surface area contributed by atoms with Crippen LogP contribution in [0.1, 0.15) is 30.0 Å². The van der Waals surface area contributed by atoms with Gasteiger partial charge in [-0.3, -0.25) is 4.79 Å². The summed E-state index contributed by atoms with van der Waals surface area (Å²) in [7, 11) is 0. The zero-order valence-corrected chi connectivity index (χ0v) is 18.8. The van der Waals surface area contributed by atoms with E-state index < -0.39 is 0 Å². The van der Waals surface area contributed by atoms with Crippen molar-refractivity contribution in [2.75, 3.05) is 37.7 Å². The van der Waals surface area contributed by atoms with Crippen LogP contribution in [0.15, 0.2) is 48.5 Å². The van der Waals surface area contributed by atoms with E-state index in [0.717, 1.165) is 24.9 Å². The van der Waals surface area contributed by atoms with E-state index in [1.54, 1.807) is 29.2 Å². The van der Waals surface area contributed by atoms with Gasteiger partial charge in [0.2, 0.25) is 11.9 Å². The minimum absolute atomic E-state index is 0.0859. The molecule has 0 unspecified atom stereocenters. The predicted molar refractivity (Wildman–Crippen MR) is 126 cm³/mol. The van der Waals surface area contributed by atoms with Crippen LogP contribution in [-0.4, -0.2) is 68.8 Å². The Morgan fingerprint density at radius 3 is 2.71 bits per heavy atom. The molecule has 9 heteroatoms. The predicted octanol–water partition coefficient (Wildman–Crippen LogP) is 2.34. The first kappa shape index (κ1) is 22.1. The average molecular weight is 462 g/mol. The number of anilines is 1. The molecule has 1 atom stereocenters. The second-order valence-electron chi connectivity index (χ2n) is 8.47. The van der Waals surface area contributed by atoms with Gasteiger partial charge in [-0.1, -0.05) is 36.4 Å². The van der Waals surface area contributed by atoms with Crippen LogP contribution < -0.4 is 9.64 Å². The van der Waals surface area contributed by atoms with Crippen molar-refractivity contribution >= 4 is 11.9 Å². The molecule has 0 radical (unpaired) electrons. The van der Waals surface area contributed by atoms with Gasteiger partial charge in [-0.25, -0.2) is 0 Å². The Morgan fingerprint density at radius 1 is 1.03 bits per heavy atom. The van der Waals surface area contributed by atoms with E-state index in [1.165, 1.54) is 5.56 Å². The van der Waals surface area contributed by atoms with Crippen molar-refractivity contribution < 1.29 is 19.7 Å². The molecule has 2 aliphatic heterocycles. The number of aromatic hydroxyl groups is 1. The first-order chi connectivity index (χ1) is 16.6. The largest absolute Gasteiger partial charge is 0.508 e. The second kappa shape index (κ2) is 9.64. The minimum Gasteiger partial charge on any atom is -0.508 e. The highest BCUT2D eigenvalue weighted by molar-refractivity contribution is 5.78. The lowest BCUT2D eigenvalue weighted by atomic mass is 9.93. The van der Waals surface area contributed by atoms with Crippen LogP contribution in [0.4, 0.5) is 5.95 Å². The van der Waals surface area contributed by atoms with Crippen LogP contribution in [0.3, 0.4) is 0 Å². The SMILES string of the molecule is O=C1CCCN1CCOc1nc(-c2cccc(O)c2)nc(N2CCc3ccccc3[C@@H]2CO)n1. The number of aliphatic hydroxyl groups excluding tert-OH is 1. The van der Waals surface area contributed by atoms with Crippen LogP contribution in [0.2, 0.25) is 0 Å². The van der Waals surface area contributed by atoms with E-state index in [1.807, 2.05) is 23.1 Å². The molecular weight excluding hydrogens is 434 g/mol. The van der Waals surface area contributed by atoms with Crippen LogP contribution in [0.5, 0.6) is 11.8 Å². The number of rotatable bonds is 7. The Balaban J connectivity index is 1.46. The zero-order chi connectivity index (χ0) is 23.5. The monoisotopic (exact) mass is 461 g/mol. The van der Waals surface area contributed by atoms with Gasteiger partial charge in [-0.05, 0) is 36.1 Å². The van der Waals surface area contributed by atoms with Crippen molar-refractivity contribution in [2.45, 2.75) is 25.3 Å². The van der Waals surface area contributed by atoms with Gasteiger partial charge in [0.05, 0.1) is 19.2 Å². The van der Waals surface area contributed by atoms with Crippen LogP contribution in [0, 0.1) is 0 Å². The van der Waals surface area contributed by atoms with E-state index in [-0.39, 0.29) is 36.9 Å². The van der Waals surface area contributed by atoms with E-state index >= 15 is 0 Å². The lowest BCUT2D eigenvalue weighted by Crippen LogP contribution is -2.38. The van der Waals surface area contributed by atoms with Gasteiger partial charge in [-0.15, -0.1) is 0 Å². The smallest absolute Gasteiger partial charge is 0.321 e. The number of ether oxygens (including phenoxy) is 1. The lowest BCUT2D eigenvalue weighted by Gasteiger charge is -2.36. The number of amides is 1. The van der Waals surface area contributed by atoms with Gasteiger partial charge in [0.15, 0.2) is 5.82 Å². The summed E-state index contributed by atoms with van der Waals surface area (Å²) in [5.74, 6) is 1.01. The molecule has 1 fully saturated rings. The molecule has 176 valence electrons. The van der Waals surface area contributed by atoms with Crippen LogP contribution in [-0.2, 0) is 11.2 Å². The summed E-state index contributed by atoms with van der Waals surface area (Å²) in [6, 6.07) is 14.6. The summed E-state index contributed by atoms with van der Waals surface area (Å²) < 4.78 is 5.87. The normalized spacial score (nSPS) is 17.7. The average Bonchev–Trinajstić information content (AvgIpc) is 3.27. The number of carbonyl (C=O) groups is 1. The van der Waals surface area contributed by atoms with Crippen molar-refractivity contribution in [3.8, 4) is 23.1 Å². The highest BCUT2D eigenvalue weighted by Crippen LogP contribution is 2.33. The fourth-order valence-electron chi connectivity index (χ4n) is 4.59. The molecule has 1 amide bonds. The van der Waals surface area contributed by atoms with Gasteiger partial charge < -0.3 is 24.7 Å². The number of phenolic OH excluding ortho intramolecular Hbond substituents is 1.